The van der Waals surface area contributed by atoms with Gasteiger partial charge in [-0.3, -0.25) is 0 Å². The molecule has 0 bridgehead atoms. The van der Waals surface area contributed by atoms with E-state index in [-0.39, 0.29) is 37.2 Å². The van der Waals surface area contributed by atoms with Crippen LogP contribution in [-0.4, -0.2) is 10.2 Å². The van der Waals surface area contributed by atoms with Gasteiger partial charge in [-0.15, -0.1) is 37.2 Å². The van der Waals surface area contributed by atoms with Crippen LogP contribution in [0.3, 0.4) is 0 Å². The van der Waals surface area contributed by atoms with Gasteiger partial charge in [-0.2, -0.15) is 0 Å². The van der Waals surface area contributed by atoms with E-state index >= 15 is 0 Å². The summed E-state index contributed by atoms with van der Waals surface area (Å²) in [7, 11) is 1.41. The van der Waals surface area contributed by atoms with Crippen molar-refractivity contribution in [1.29, 1.82) is 0 Å². The predicted octanol–water partition coefficient (Wildman–Crippen LogP) is 2.62. The third-order valence-corrected chi connectivity index (χ3v) is 1.91. The van der Waals surface area contributed by atoms with Gasteiger partial charge in [0.15, 0.2) is 0 Å². The van der Waals surface area contributed by atoms with E-state index in [1.165, 1.54) is 42.0 Å². The predicted molar refractivity (Wildman–Crippen MR) is 60.6 cm³/mol. The molecule has 0 amide bonds. The Balaban J connectivity index is -0.0000000600. The van der Waals surface area contributed by atoms with Gasteiger partial charge in [0, 0.05) is 10.2 Å². The largest absolute Gasteiger partial charge is 0.147 e. The molecule has 0 aliphatic carbocycles. The minimum Gasteiger partial charge on any atom is -0.147 e. The molecule has 0 aromatic carbocycles. The molecule has 0 saturated carbocycles. The van der Waals surface area contributed by atoms with Crippen LogP contribution in [-0.2, 0) is 0 Å². The molecule has 0 spiro atoms. The summed E-state index contributed by atoms with van der Waals surface area (Å²) in [4.78, 5) is 0. The van der Waals surface area contributed by atoms with Crippen LogP contribution in [0.25, 0.3) is 0 Å². The molecule has 0 aliphatic rings. The van der Waals surface area contributed by atoms with Gasteiger partial charge in [-0.1, -0.05) is 38.7 Å². The fourth-order valence-corrected chi connectivity index (χ4v) is 1.18. The minimum absolute atomic E-state index is 0. The maximum atomic E-state index is 2.26. The molecule has 0 heterocycles. The lowest BCUT2D eigenvalue weighted by molar-refractivity contribution is 0.701. The summed E-state index contributed by atoms with van der Waals surface area (Å²) in [6.45, 7) is 2.26. The molecule has 0 rings (SSSR count). The zero-order valence-electron chi connectivity index (χ0n) is 6.76. The second kappa shape index (κ2) is 22.5. The number of hydrogen-bond donors (Lipinski definition) is 0. The first-order valence-electron chi connectivity index (χ1n) is 3.41. The van der Waals surface area contributed by atoms with E-state index in [2.05, 4.69) is 6.92 Å². The van der Waals surface area contributed by atoms with Crippen LogP contribution in [0, 0.1) is 0 Å². The van der Waals surface area contributed by atoms with Crippen LogP contribution in [0.4, 0.5) is 0 Å². The normalized spacial score (nSPS) is 6.90. The zero-order chi connectivity index (χ0) is 5.54. The fourth-order valence-electron chi connectivity index (χ4n) is 0.677. The highest BCUT2D eigenvalue weighted by Gasteiger charge is 1.80. The van der Waals surface area contributed by atoms with Crippen molar-refractivity contribution >= 4 is 47.5 Å². The third-order valence-electron chi connectivity index (χ3n) is 1.21. The summed E-state index contributed by atoms with van der Waals surface area (Å²) < 4.78 is 0. The minimum atomic E-state index is 0. The van der Waals surface area contributed by atoms with Gasteiger partial charge >= 0.3 is 0 Å². The first kappa shape index (κ1) is 22.5. The molecule has 68 valence electrons. The molecule has 0 nitrogen and oxygen atoms in total. The number of rotatable bonds is 4. The van der Waals surface area contributed by atoms with E-state index in [4.69, 9.17) is 0 Å². The fraction of sp³-hybridized carbons (Fsp3) is 1.00. The van der Waals surface area contributed by atoms with Gasteiger partial charge < -0.3 is 0 Å². The lowest BCUT2D eigenvalue weighted by Gasteiger charge is -1.90. The van der Waals surface area contributed by atoms with Crippen LogP contribution in [0.2, 0.25) is 6.04 Å². The summed E-state index contributed by atoms with van der Waals surface area (Å²) >= 11 is 0. The van der Waals surface area contributed by atoms with Crippen LogP contribution in [0.1, 0.15) is 32.6 Å². The maximum Gasteiger partial charge on any atom is 0.00279 e. The number of unbranched alkanes of at least 4 members (excludes halogenated alkanes) is 3. The van der Waals surface area contributed by atoms with Crippen LogP contribution < -0.4 is 0 Å². The Morgan fingerprint density at radius 1 is 0.900 bits per heavy atom. The standard InChI is InChI=1S/C6H16Si.3ClH/c1-2-3-4-5-6-7;;;/h2-6H2,1,7H3;3*1H. The zero-order valence-corrected chi connectivity index (χ0v) is 11.2. The van der Waals surface area contributed by atoms with Gasteiger partial charge in [0.2, 0.25) is 0 Å². The van der Waals surface area contributed by atoms with Crippen molar-refractivity contribution in [3.8, 4) is 0 Å². The summed E-state index contributed by atoms with van der Waals surface area (Å²) in [5.41, 5.74) is 0. The lowest BCUT2D eigenvalue weighted by Crippen LogP contribution is -1.72. The molecule has 0 radical (unpaired) electrons. The number of hydrogen-bond acceptors (Lipinski definition) is 0. The molecule has 0 unspecified atom stereocenters. The quantitative estimate of drug-likeness (QED) is 0.510. The average Bonchev–Trinajstić information content (AvgIpc) is 1.69. The highest BCUT2D eigenvalue weighted by atomic mass is 35.5. The summed E-state index contributed by atoms with van der Waals surface area (Å²) in [5, 5.41) is 0. The van der Waals surface area contributed by atoms with Crippen molar-refractivity contribution in [2.24, 2.45) is 0 Å². The Morgan fingerprint density at radius 3 is 1.70 bits per heavy atom. The summed E-state index contributed by atoms with van der Waals surface area (Å²) in [5.74, 6) is 0. The second-order valence-electron chi connectivity index (χ2n) is 2.06. The van der Waals surface area contributed by atoms with Gasteiger partial charge in [-0.25, -0.2) is 0 Å². The molecule has 0 aromatic heterocycles. The molecular formula is C6H19Cl3Si. The van der Waals surface area contributed by atoms with Crippen molar-refractivity contribution in [3.63, 3.8) is 0 Å². The summed E-state index contributed by atoms with van der Waals surface area (Å²) in [6.07, 6.45) is 5.78. The van der Waals surface area contributed by atoms with E-state index < -0.39 is 0 Å². The average molecular weight is 226 g/mol. The topological polar surface area (TPSA) is 0 Å². The maximum absolute atomic E-state index is 2.26. The van der Waals surface area contributed by atoms with Crippen molar-refractivity contribution < 1.29 is 0 Å². The first-order chi connectivity index (χ1) is 3.41. The van der Waals surface area contributed by atoms with Crippen LogP contribution >= 0.6 is 37.2 Å². The van der Waals surface area contributed by atoms with E-state index in [9.17, 15) is 0 Å². The third kappa shape index (κ3) is 23.0. The first-order valence-corrected chi connectivity index (χ1v) is 4.83. The van der Waals surface area contributed by atoms with Crippen molar-refractivity contribution in [3.05, 3.63) is 0 Å². The highest BCUT2D eigenvalue weighted by Crippen LogP contribution is 1.99. The smallest absolute Gasteiger partial charge is 0.00279 e. The van der Waals surface area contributed by atoms with Gasteiger partial charge in [0.05, 0.1) is 0 Å². The Bertz CT molecular complexity index is 32.2. The molecule has 0 aliphatic heterocycles. The number of halogens is 3. The molecule has 0 saturated heterocycles. The molecule has 0 N–H and O–H groups in total. The Hall–Kier alpha value is 1.09. The van der Waals surface area contributed by atoms with Gasteiger partial charge in [0.25, 0.3) is 0 Å². The van der Waals surface area contributed by atoms with Gasteiger partial charge in [-0.05, 0) is 0 Å². The Labute approximate surface area is 86.2 Å². The molecule has 4 heteroatoms. The molecule has 10 heavy (non-hydrogen) atoms. The Morgan fingerprint density at radius 2 is 1.40 bits per heavy atom. The molecule has 0 fully saturated rings. The Kier molecular flexibility index (Phi) is 50.5. The van der Waals surface area contributed by atoms with Crippen LogP contribution in [0.5, 0.6) is 0 Å². The van der Waals surface area contributed by atoms with Crippen molar-refractivity contribution in [2.75, 3.05) is 0 Å². The molecule has 0 aromatic rings. The van der Waals surface area contributed by atoms with Gasteiger partial charge in [0.1, 0.15) is 0 Å². The SMILES string of the molecule is CCCCCC[SiH3].Cl.Cl.Cl. The summed E-state index contributed by atoms with van der Waals surface area (Å²) in [6, 6.07) is 1.50. The van der Waals surface area contributed by atoms with Crippen molar-refractivity contribution in [2.45, 2.75) is 38.7 Å². The molecule has 0 atom stereocenters. The van der Waals surface area contributed by atoms with E-state index in [0.717, 1.165) is 0 Å². The van der Waals surface area contributed by atoms with Crippen LogP contribution in [0.15, 0.2) is 0 Å². The lowest BCUT2D eigenvalue weighted by atomic mass is 10.2. The monoisotopic (exact) mass is 224 g/mol. The highest BCUT2D eigenvalue weighted by molar-refractivity contribution is 6.08. The van der Waals surface area contributed by atoms with E-state index in [1.807, 2.05) is 0 Å². The van der Waals surface area contributed by atoms with Crippen molar-refractivity contribution in [1.82, 2.24) is 0 Å². The second-order valence-corrected chi connectivity index (χ2v) is 3.06. The molecular weight excluding hydrogens is 207 g/mol. The van der Waals surface area contributed by atoms with E-state index in [0.29, 0.717) is 0 Å². The van der Waals surface area contributed by atoms with E-state index in [1.54, 1.807) is 0 Å².